The summed E-state index contributed by atoms with van der Waals surface area (Å²) in [5.74, 6) is 1.01. The Bertz CT molecular complexity index is 990. The van der Waals surface area contributed by atoms with Crippen molar-refractivity contribution in [3.63, 3.8) is 0 Å². The Balaban J connectivity index is 1.90. The molecule has 0 radical (unpaired) electrons. The second-order valence-electron chi connectivity index (χ2n) is 5.63. The van der Waals surface area contributed by atoms with Crippen LogP contribution in [0.5, 0.6) is 5.75 Å². The van der Waals surface area contributed by atoms with Crippen LogP contribution < -0.4 is 16.0 Å². The first-order valence-corrected chi connectivity index (χ1v) is 7.83. The van der Waals surface area contributed by atoms with Gasteiger partial charge < -0.3 is 10.5 Å². The smallest absolute Gasteiger partial charge is 0.255 e. The Labute approximate surface area is 146 Å². The number of nitrogens with two attached hydrogens (primary N) is 1. The number of nitrogen functional groups attached to an aromatic ring is 1. The summed E-state index contributed by atoms with van der Waals surface area (Å²) < 4.78 is 6.58. The monoisotopic (exact) mass is 333 g/mol. The molecule has 3 rings (SSSR count). The molecule has 2 aromatic carbocycles. The number of rotatable bonds is 4. The van der Waals surface area contributed by atoms with Crippen LogP contribution in [-0.2, 0) is 7.05 Å². The van der Waals surface area contributed by atoms with Crippen molar-refractivity contribution in [3.05, 3.63) is 76.2 Å². The number of anilines is 1. The summed E-state index contributed by atoms with van der Waals surface area (Å²) in [5, 5.41) is 0. The molecule has 0 saturated heterocycles. The highest BCUT2D eigenvalue weighted by Gasteiger charge is 2.02. The highest BCUT2D eigenvalue weighted by Crippen LogP contribution is 2.25. The van der Waals surface area contributed by atoms with Gasteiger partial charge in [-0.25, -0.2) is 4.98 Å². The maximum absolute atomic E-state index is 11.8. The van der Waals surface area contributed by atoms with Crippen LogP contribution >= 0.6 is 0 Å². The van der Waals surface area contributed by atoms with Crippen LogP contribution in [0.3, 0.4) is 0 Å². The molecule has 5 heteroatoms. The molecule has 0 bridgehead atoms. The molecule has 2 N–H and O–H groups in total. The van der Waals surface area contributed by atoms with E-state index in [9.17, 15) is 4.79 Å². The molecule has 1 aromatic heterocycles. The van der Waals surface area contributed by atoms with Crippen molar-refractivity contribution >= 4 is 18.1 Å². The lowest BCUT2D eigenvalue weighted by molar-refractivity contribution is 0.415. The lowest BCUT2D eigenvalue weighted by atomic mass is 10.0. The van der Waals surface area contributed by atoms with Crippen LogP contribution in [0.1, 0.15) is 11.3 Å². The summed E-state index contributed by atoms with van der Waals surface area (Å²) in [5.41, 5.74) is 9.23. The van der Waals surface area contributed by atoms with E-state index in [0.29, 0.717) is 5.69 Å². The van der Waals surface area contributed by atoms with Crippen molar-refractivity contribution in [1.29, 1.82) is 0 Å². The first-order valence-electron chi connectivity index (χ1n) is 7.83. The fourth-order valence-corrected chi connectivity index (χ4v) is 2.47. The molecule has 0 atom stereocenters. The normalized spacial score (nSPS) is 11.0. The lowest BCUT2D eigenvalue weighted by Crippen LogP contribution is -2.20. The van der Waals surface area contributed by atoms with E-state index in [1.807, 2.05) is 48.5 Å². The molecule has 126 valence electrons. The van der Waals surface area contributed by atoms with Gasteiger partial charge in [-0.1, -0.05) is 36.4 Å². The number of methoxy groups -OCH3 is 1. The molecule has 0 aliphatic carbocycles. The summed E-state index contributed by atoms with van der Waals surface area (Å²) in [7, 11) is 3.25. The zero-order valence-corrected chi connectivity index (χ0v) is 14.1. The molecule has 3 aromatic rings. The highest BCUT2D eigenvalue weighted by atomic mass is 16.5. The molecule has 0 spiro atoms. The van der Waals surface area contributed by atoms with Crippen molar-refractivity contribution in [2.45, 2.75) is 0 Å². The maximum Gasteiger partial charge on any atom is 0.255 e. The average Bonchev–Trinajstić information content (AvgIpc) is 2.64. The fraction of sp³-hybridized carbons (Fsp3) is 0.100. The van der Waals surface area contributed by atoms with E-state index < -0.39 is 0 Å². The SMILES string of the molecule is COc1cccc(-c2cccc(/C=C/c3cc(=O)n(C)c(N)n3)c2)c1. The second-order valence-corrected chi connectivity index (χ2v) is 5.63. The minimum atomic E-state index is -0.183. The minimum absolute atomic E-state index is 0.183. The topological polar surface area (TPSA) is 70.1 Å². The Morgan fingerprint density at radius 3 is 2.48 bits per heavy atom. The minimum Gasteiger partial charge on any atom is -0.497 e. The molecule has 0 unspecified atom stereocenters. The first-order chi connectivity index (χ1) is 12.1. The molecule has 0 aliphatic heterocycles. The van der Waals surface area contributed by atoms with Crippen LogP contribution in [-0.4, -0.2) is 16.7 Å². The van der Waals surface area contributed by atoms with Gasteiger partial charge in [0.05, 0.1) is 12.8 Å². The highest BCUT2D eigenvalue weighted by molar-refractivity contribution is 5.73. The summed E-state index contributed by atoms with van der Waals surface area (Å²) in [6.45, 7) is 0. The van der Waals surface area contributed by atoms with Crippen LogP contribution in [0.4, 0.5) is 5.95 Å². The van der Waals surface area contributed by atoms with Gasteiger partial charge in [0, 0.05) is 13.1 Å². The third kappa shape index (κ3) is 3.77. The Kier molecular flexibility index (Phi) is 4.66. The van der Waals surface area contributed by atoms with E-state index in [1.165, 1.54) is 10.6 Å². The lowest BCUT2D eigenvalue weighted by Gasteiger charge is -2.06. The van der Waals surface area contributed by atoms with E-state index in [1.54, 1.807) is 20.2 Å². The standard InChI is InChI=1S/C20H19N3O2/c1-23-19(24)13-17(22-20(23)21)10-9-14-5-3-6-15(11-14)16-7-4-8-18(12-16)25-2/h3-13H,1-2H3,(H2,21,22)/b10-9+. The van der Waals surface area contributed by atoms with E-state index in [2.05, 4.69) is 11.1 Å². The molecule has 1 heterocycles. The van der Waals surface area contributed by atoms with Gasteiger partial charge in [0.2, 0.25) is 5.95 Å². The van der Waals surface area contributed by atoms with E-state index in [0.717, 1.165) is 22.4 Å². The van der Waals surface area contributed by atoms with Crippen LogP contribution in [0, 0.1) is 0 Å². The van der Waals surface area contributed by atoms with Crippen molar-refractivity contribution in [1.82, 2.24) is 9.55 Å². The van der Waals surface area contributed by atoms with Gasteiger partial charge in [0.15, 0.2) is 0 Å². The average molecular weight is 333 g/mol. The predicted octanol–water partition coefficient (Wildman–Crippen LogP) is 3.21. The van der Waals surface area contributed by atoms with Gasteiger partial charge in [-0.3, -0.25) is 9.36 Å². The third-order valence-corrected chi connectivity index (χ3v) is 3.93. The zero-order valence-electron chi connectivity index (χ0n) is 14.1. The van der Waals surface area contributed by atoms with Gasteiger partial charge in [0.25, 0.3) is 5.56 Å². The van der Waals surface area contributed by atoms with E-state index >= 15 is 0 Å². The fourth-order valence-electron chi connectivity index (χ4n) is 2.47. The number of benzene rings is 2. The number of aromatic nitrogens is 2. The molecule has 25 heavy (non-hydrogen) atoms. The molecule has 0 saturated carbocycles. The number of nitrogens with zero attached hydrogens (tertiary/aromatic N) is 2. The summed E-state index contributed by atoms with van der Waals surface area (Å²) in [6.07, 6.45) is 3.69. The van der Waals surface area contributed by atoms with Crippen molar-refractivity contribution in [2.75, 3.05) is 12.8 Å². The second kappa shape index (κ2) is 7.05. The molecular formula is C20H19N3O2. The van der Waals surface area contributed by atoms with Gasteiger partial charge in [-0.05, 0) is 41.0 Å². The predicted molar refractivity (Wildman–Crippen MR) is 101 cm³/mol. The number of hydrogen-bond acceptors (Lipinski definition) is 4. The molecule has 0 amide bonds. The van der Waals surface area contributed by atoms with Gasteiger partial charge in [-0.2, -0.15) is 0 Å². The Morgan fingerprint density at radius 1 is 1.04 bits per heavy atom. The van der Waals surface area contributed by atoms with Crippen LogP contribution in [0.2, 0.25) is 0 Å². The Hall–Kier alpha value is -3.34. The number of hydrogen-bond donors (Lipinski definition) is 1. The van der Waals surface area contributed by atoms with E-state index in [-0.39, 0.29) is 11.5 Å². The van der Waals surface area contributed by atoms with Gasteiger partial charge >= 0.3 is 0 Å². The quantitative estimate of drug-likeness (QED) is 0.796. The number of ether oxygens (including phenoxy) is 1. The maximum atomic E-state index is 11.8. The summed E-state index contributed by atoms with van der Waals surface area (Å²) in [6, 6.07) is 17.4. The molecule has 0 fully saturated rings. The molecule has 5 nitrogen and oxygen atoms in total. The summed E-state index contributed by atoms with van der Waals surface area (Å²) in [4.78, 5) is 16.0. The van der Waals surface area contributed by atoms with Crippen LogP contribution in [0.25, 0.3) is 23.3 Å². The van der Waals surface area contributed by atoms with Crippen molar-refractivity contribution in [2.24, 2.45) is 7.05 Å². The van der Waals surface area contributed by atoms with Gasteiger partial charge in [-0.15, -0.1) is 0 Å². The van der Waals surface area contributed by atoms with Crippen molar-refractivity contribution in [3.8, 4) is 16.9 Å². The largest absolute Gasteiger partial charge is 0.497 e. The van der Waals surface area contributed by atoms with Crippen molar-refractivity contribution < 1.29 is 4.74 Å². The third-order valence-electron chi connectivity index (χ3n) is 3.93. The first kappa shape index (κ1) is 16.5. The molecular weight excluding hydrogens is 314 g/mol. The van der Waals surface area contributed by atoms with Crippen LogP contribution in [0.15, 0.2) is 59.4 Å². The van der Waals surface area contributed by atoms with E-state index in [4.69, 9.17) is 10.5 Å². The summed E-state index contributed by atoms with van der Waals surface area (Å²) >= 11 is 0. The Morgan fingerprint density at radius 2 is 1.76 bits per heavy atom. The van der Waals surface area contributed by atoms with Gasteiger partial charge in [0.1, 0.15) is 5.75 Å². The zero-order chi connectivity index (χ0) is 17.8. The molecule has 0 aliphatic rings.